The van der Waals surface area contributed by atoms with Crippen LogP contribution in [0.4, 0.5) is 5.82 Å². The van der Waals surface area contributed by atoms with E-state index in [-0.39, 0.29) is 19.0 Å². The Hall–Kier alpha value is -2.48. The van der Waals surface area contributed by atoms with E-state index in [0.717, 1.165) is 5.56 Å². The normalized spacial score (nSPS) is 20.7. The SMILES string of the molecule is Nc1ccn([C@@H]2CO[C@H](COCC=Cc3ccccc3)O2)c(=O)n1. The molecule has 1 aliphatic heterocycles. The minimum absolute atomic E-state index is 0.181. The first-order chi connectivity index (χ1) is 11.7. The van der Waals surface area contributed by atoms with E-state index in [4.69, 9.17) is 19.9 Å². The molecule has 0 bridgehead atoms. The fourth-order valence-electron chi connectivity index (χ4n) is 2.30. The summed E-state index contributed by atoms with van der Waals surface area (Å²) in [5.74, 6) is 0.181. The molecule has 7 heteroatoms. The summed E-state index contributed by atoms with van der Waals surface area (Å²) in [7, 11) is 0. The number of benzene rings is 1. The van der Waals surface area contributed by atoms with E-state index in [0.29, 0.717) is 6.61 Å². The van der Waals surface area contributed by atoms with Gasteiger partial charge in [-0.15, -0.1) is 0 Å². The number of aromatic nitrogens is 2. The first-order valence-electron chi connectivity index (χ1n) is 7.63. The molecule has 24 heavy (non-hydrogen) atoms. The van der Waals surface area contributed by atoms with Gasteiger partial charge in [0.15, 0.2) is 12.5 Å². The van der Waals surface area contributed by atoms with Gasteiger partial charge in [0.2, 0.25) is 0 Å². The van der Waals surface area contributed by atoms with Crippen LogP contribution >= 0.6 is 0 Å². The van der Waals surface area contributed by atoms with Crippen LogP contribution in [0.15, 0.2) is 53.5 Å². The number of nitrogens with two attached hydrogens (primary N) is 1. The Morgan fingerprint density at radius 2 is 2.17 bits per heavy atom. The summed E-state index contributed by atoms with van der Waals surface area (Å²) in [5.41, 5.74) is 6.12. The average Bonchev–Trinajstić information content (AvgIpc) is 3.04. The molecule has 0 radical (unpaired) electrons. The predicted octanol–water partition coefficient (Wildman–Crippen LogP) is 1.43. The van der Waals surface area contributed by atoms with Crippen LogP contribution in [-0.4, -0.2) is 35.7 Å². The maximum atomic E-state index is 11.8. The van der Waals surface area contributed by atoms with Crippen molar-refractivity contribution in [1.82, 2.24) is 9.55 Å². The molecule has 0 amide bonds. The standard InChI is InChI=1S/C17H19N3O4/c18-14-8-9-20(17(21)19-14)15-11-23-16(24-15)12-22-10-4-7-13-5-2-1-3-6-13/h1-9,15-16H,10-12H2,(H2,18,19,21)/t15-,16-/m0/s1. The molecule has 126 valence electrons. The van der Waals surface area contributed by atoms with E-state index in [2.05, 4.69) is 4.98 Å². The lowest BCUT2D eigenvalue weighted by Gasteiger charge is -2.13. The highest BCUT2D eigenvalue weighted by atomic mass is 16.7. The summed E-state index contributed by atoms with van der Waals surface area (Å²) in [4.78, 5) is 15.4. The molecule has 2 atom stereocenters. The maximum Gasteiger partial charge on any atom is 0.351 e. The summed E-state index contributed by atoms with van der Waals surface area (Å²) in [6.07, 6.45) is 4.43. The molecule has 1 aromatic carbocycles. The molecule has 0 unspecified atom stereocenters. The molecule has 0 aliphatic carbocycles. The number of ether oxygens (including phenoxy) is 3. The number of anilines is 1. The van der Waals surface area contributed by atoms with Crippen LogP contribution in [0.3, 0.4) is 0 Å². The van der Waals surface area contributed by atoms with E-state index in [1.54, 1.807) is 12.3 Å². The molecular formula is C17H19N3O4. The van der Waals surface area contributed by atoms with Crippen molar-refractivity contribution in [3.8, 4) is 0 Å². The highest BCUT2D eigenvalue weighted by Gasteiger charge is 2.28. The molecule has 1 aromatic heterocycles. The van der Waals surface area contributed by atoms with Gasteiger partial charge in [-0.3, -0.25) is 4.57 Å². The van der Waals surface area contributed by atoms with Crippen molar-refractivity contribution in [2.75, 3.05) is 25.6 Å². The lowest BCUT2D eigenvalue weighted by atomic mass is 10.2. The number of rotatable bonds is 6. The Morgan fingerprint density at radius 1 is 1.33 bits per heavy atom. The fourth-order valence-corrected chi connectivity index (χ4v) is 2.30. The van der Waals surface area contributed by atoms with Crippen molar-refractivity contribution < 1.29 is 14.2 Å². The van der Waals surface area contributed by atoms with Crippen LogP contribution in [0.2, 0.25) is 0 Å². The van der Waals surface area contributed by atoms with Gasteiger partial charge in [0.05, 0.1) is 19.8 Å². The molecule has 2 heterocycles. The third kappa shape index (κ3) is 4.29. The summed E-state index contributed by atoms with van der Waals surface area (Å²) >= 11 is 0. The molecule has 2 N–H and O–H groups in total. The van der Waals surface area contributed by atoms with Crippen LogP contribution in [0.25, 0.3) is 6.08 Å². The molecule has 0 saturated carbocycles. The zero-order valence-electron chi connectivity index (χ0n) is 13.1. The van der Waals surface area contributed by atoms with Gasteiger partial charge in [-0.25, -0.2) is 4.79 Å². The van der Waals surface area contributed by atoms with Gasteiger partial charge in [-0.2, -0.15) is 4.98 Å². The zero-order chi connectivity index (χ0) is 16.8. The van der Waals surface area contributed by atoms with Crippen LogP contribution in [-0.2, 0) is 14.2 Å². The van der Waals surface area contributed by atoms with E-state index in [1.807, 2.05) is 42.5 Å². The van der Waals surface area contributed by atoms with Gasteiger partial charge in [0.1, 0.15) is 5.82 Å². The van der Waals surface area contributed by atoms with Gasteiger partial charge < -0.3 is 19.9 Å². The molecule has 1 aliphatic rings. The lowest BCUT2D eigenvalue weighted by molar-refractivity contribution is -0.111. The Bertz CT molecular complexity index is 745. The topological polar surface area (TPSA) is 88.6 Å². The van der Waals surface area contributed by atoms with Gasteiger partial charge >= 0.3 is 5.69 Å². The van der Waals surface area contributed by atoms with E-state index >= 15 is 0 Å². The van der Waals surface area contributed by atoms with Gasteiger partial charge in [0.25, 0.3) is 0 Å². The third-order valence-corrected chi connectivity index (χ3v) is 3.47. The van der Waals surface area contributed by atoms with E-state index in [1.165, 1.54) is 4.57 Å². The van der Waals surface area contributed by atoms with Crippen molar-refractivity contribution in [3.63, 3.8) is 0 Å². The van der Waals surface area contributed by atoms with E-state index < -0.39 is 18.2 Å². The Kier molecular flexibility index (Phi) is 5.37. The van der Waals surface area contributed by atoms with Crippen molar-refractivity contribution in [2.24, 2.45) is 0 Å². The largest absolute Gasteiger partial charge is 0.383 e. The van der Waals surface area contributed by atoms with Crippen molar-refractivity contribution in [2.45, 2.75) is 12.5 Å². The molecule has 7 nitrogen and oxygen atoms in total. The van der Waals surface area contributed by atoms with Crippen LogP contribution < -0.4 is 11.4 Å². The second kappa shape index (κ2) is 7.87. The predicted molar refractivity (Wildman–Crippen MR) is 89.1 cm³/mol. The summed E-state index contributed by atoms with van der Waals surface area (Å²) in [6, 6.07) is 11.5. The zero-order valence-corrected chi connectivity index (χ0v) is 13.1. The van der Waals surface area contributed by atoms with Gasteiger partial charge in [0, 0.05) is 6.20 Å². The van der Waals surface area contributed by atoms with Crippen LogP contribution in [0.1, 0.15) is 11.8 Å². The van der Waals surface area contributed by atoms with Crippen molar-refractivity contribution in [1.29, 1.82) is 0 Å². The fraction of sp³-hybridized carbons (Fsp3) is 0.294. The number of hydrogen-bond acceptors (Lipinski definition) is 6. The summed E-state index contributed by atoms with van der Waals surface area (Å²) in [5, 5.41) is 0. The summed E-state index contributed by atoms with van der Waals surface area (Å²) < 4.78 is 18.0. The number of nitrogen functional groups attached to an aromatic ring is 1. The Morgan fingerprint density at radius 3 is 2.96 bits per heavy atom. The Labute approximate surface area is 139 Å². The molecule has 2 aromatic rings. The minimum atomic E-state index is -0.515. The maximum absolute atomic E-state index is 11.8. The van der Waals surface area contributed by atoms with Gasteiger partial charge in [-0.05, 0) is 11.6 Å². The van der Waals surface area contributed by atoms with Gasteiger partial charge in [-0.1, -0.05) is 42.5 Å². The summed E-state index contributed by atoms with van der Waals surface area (Å²) in [6.45, 7) is 0.998. The second-order valence-corrected chi connectivity index (χ2v) is 5.25. The van der Waals surface area contributed by atoms with Crippen molar-refractivity contribution >= 4 is 11.9 Å². The average molecular weight is 329 g/mol. The molecule has 0 spiro atoms. The number of nitrogens with zero attached hydrogens (tertiary/aromatic N) is 2. The highest BCUT2D eigenvalue weighted by molar-refractivity contribution is 5.48. The first-order valence-corrected chi connectivity index (χ1v) is 7.63. The van der Waals surface area contributed by atoms with Crippen molar-refractivity contribution in [3.05, 3.63) is 64.7 Å². The molecule has 1 saturated heterocycles. The highest BCUT2D eigenvalue weighted by Crippen LogP contribution is 2.19. The Balaban J connectivity index is 1.43. The smallest absolute Gasteiger partial charge is 0.351 e. The minimum Gasteiger partial charge on any atom is -0.383 e. The van der Waals surface area contributed by atoms with E-state index in [9.17, 15) is 4.79 Å². The molecular weight excluding hydrogens is 310 g/mol. The first kappa shape index (κ1) is 16.4. The van der Waals surface area contributed by atoms with Crippen LogP contribution in [0.5, 0.6) is 0 Å². The van der Waals surface area contributed by atoms with Crippen LogP contribution in [0, 0.1) is 0 Å². The molecule has 3 rings (SSSR count). The molecule has 1 fully saturated rings. The third-order valence-electron chi connectivity index (χ3n) is 3.47. The number of hydrogen-bond donors (Lipinski definition) is 1. The monoisotopic (exact) mass is 329 g/mol. The lowest BCUT2D eigenvalue weighted by Crippen LogP contribution is -2.28. The quantitative estimate of drug-likeness (QED) is 0.807. The second-order valence-electron chi connectivity index (χ2n) is 5.25.